The van der Waals surface area contributed by atoms with Gasteiger partial charge in [-0.2, -0.15) is 0 Å². The average Bonchev–Trinajstić information content (AvgIpc) is 2.48. The second kappa shape index (κ2) is 5.94. The molecule has 2 amide bonds. The Morgan fingerprint density at radius 3 is 2.12 bits per heavy atom. The molecule has 0 saturated carbocycles. The lowest BCUT2D eigenvalue weighted by Gasteiger charge is -2.14. The van der Waals surface area contributed by atoms with E-state index in [9.17, 15) is 9.32 Å². The number of aliphatic hydroxyl groups is 1. The molecule has 92 valence electrons. The zero-order chi connectivity index (χ0) is 12.9. The minimum absolute atomic E-state index is 0.590. The second-order valence-corrected chi connectivity index (χ2v) is 5.62. The Morgan fingerprint density at radius 1 is 1.50 bits per heavy atom. The molecule has 0 spiro atoms. The summed E-state index contributed by atoms with van der Waals surface area (Å²) in [5.41, 5.74) is 8.37. The average molecular weight is 265 g/mol. The Bertz CT molecular complexity index is 380. The minimum Gasteiger partial charge on any atom is -0.386 e. The van der Waals surface area contributed by atoms with Gasteiger partial charge in [-0.3, -0.25) is 0 Å². The van der Waals surface area contributed by atoms with E-state index < -0.39 is 22.6 Å². The van der Waals surface area contributed by atoms with Crippen molar-refractivity contribution in [3.8, 4) is 0 Å². The maximum Gasteiger partial charge on any atom is 0.309 e. The highest BCUT2D eigenvalue weighted by atomic mass is 32.2. The number of thiophene rings is 1. The zero-order valence-corrected chi connectivity index (χ0v) is 10.6. The van der Waals surface area contributed by atoms with Gasteiger partial charge in [-0.1, -0.05) is 0 Å². The van der Waals surface area contributed by atoms with Gasteiger partial charge in [0.15, 0.2) is 0 Å². The van der Waals surface area contributed by atoms with E-state index in [1.54, 1.807) is 25.3 Å². The number of rotatable bonds is 2. The molecule has 0 aliphatic rings. The molecule has 6 nitrogen and oxygen atoms in total. The summed E-state index contributed by atoms with van der Waals surface area (Å²) in [6.45, 7) is 3.36. The van der Waals surface area contributed by atoms with E-state index in [2.05, 4.69) is 11.5 Å². The van der Waals surface area contributed by atoms with Crippen LogP contribution in [-0.2, 0) is 16.6 Å². The number of hydrogen-bond donors (Lipinski definition) is 4. The van der Waals surface area contributed by atoms with Crippen molar-refractivity contribution in [2.75, 3.05) is 0 Å². The van der Waals surface area contributed by atoms with E-state index in [1.807, 2.05) is 0 Å². The van der Waals surface area contributed by atoms with Crippen LogP contribution in [-0.4, -0.2) is 15.3 Å². The number of carbonyl (C=O) groups is 1. The smallest absolute Gasteiger partial charge is 0.309 e. The van der Waals surface area contributed by atoms with Crippen LogP contribution in [0, 0.1) is 0 Å². The Hall–Kier alpha value is -0.960. The molecule has 0 aliphatic carbocycles. The van der Waals surface area contributed by atoms with Crippen LogP contribution in [0.15, 0.2) is 15.7 Å². The van der Waals surface area contributed by atoms with Crippen LogP contribution in [0.2, 0.25) is 0 Å². The Labute approximate surface area is 100 Å². The number of primary amides is 2. The van der Waals surface area contributed by atoms with Crippen molar-refractivity contribution in [3.05, 3.63) is 17.0 Å². The summed E-state index contributed by atoms with van der Waals surface area (Å²) >= 11 is 1.30. The molecule has 0 aliphatic heterocycles. The molecule has 1 atom stereocenters. The molecule has 1 aromatic heterocycles. The van der Waals surface area contributed by atoms with Crippen molar-refractivity contribution < 1.29 is 14.1 Å². The summed E-state index contributed by atoms with van der Waals surface area (Å²) in [5, 5.41) is 16.5. The Kier molecular flexibility index (Phi) is 5.59. The minimum atomic E-state index is -1.44. The van der Waals surface area contributed by atoms with Crippen molar-refractivity contribution in [1.29, 1.82) is 0 Å². The summed E-state index contributed by atoms with van der Waals surface area (Å²) in [5.74, 6) is 0. The molecule has 0 radical (unpaired) electrons. The standard InChI is InChI=1S/C7H11NO2S2.CH4N2O/c1-7(2,9)5-3-6(11-4-5)12(8)10;2-1(3)4/h3-4,9H,8H2,1-2H3;(H4,2,3,4). The first kappa shape index (κ1) is 15.0. The fraction of sp³-hybridized carbons (Fsp3) is 0.375. The summed E-state index contributed by atoms with van der Waals surface area (Å²) in [6, 6.07) is 0.834. The highest BCUT2D eigenvalue weighted by Crippen LogP contribution is 2.26. The number of amides is 2. The third kappa shape index (κ3) is 5.81. The van der Waals surface area contributed by atoms with Gasteiger partial charge in [-0.15, -0.1) is 11.3 Å². The largest absolute Gasteiger partial charge is 0.386 e. The van der Waals surface area contributed by atoms with E-state index in [4.69, 9.17) is 9.93 Å². The van der Waals surface area contributed by atoms with Crippen molar-refractivity contribution in [2.24, 2.45) is 16.6 Å². The van der Waals surface area contributed by atoms with Crippen molar-refractivity contribution >= 4 is 28.4 Å². The molecule has 0 fully saturated rings. The summed E-state index contributed by atoms with van der Waals surface area (Å²) in [4.78, 5) is 9.00. The Balaban J connectivity index is 0.000000487. The molecular weight excluding hydrogens is 250 g/mol. The van der Waals surface area contributed by atoms with E-state index in [1.165, 1.54) is 11.3 Å². The molecule has 7 N–H and O–H groups in total. The molecule has 1 unspecified atom stereocenters. The molecular formula is C8H15N3O3S2. The molecule has 0 aromatic carbocycles. The number of nitrogens with two attached hydrogens (primary N) is 3. The van der Waals surface area contributed by atoms with E-state index in [-0.39, 0.29) is 0 Å². The Morgan fingerprint density at radius 2 is 1.94 bits per heavy atom. The highest BCUT2D eigenvalue weighted by Gasteiger charge is 2.18. The lowest BCUT2D eigenvalue weighted by Crippen LogP contribution is -2.18. The lowest BCUT2D eigenvalue weighted by atomic mass is 10.0. The van der Waals surface area contributed by atoms with Crippen LogP contribution in [0.5, 0.6) is 0 Å². The summed E-state index contributed by atoms with van der Waals surface area (Å²) in [6.07, 6.45) is 0. The maximum atomic E-state index is 10.8. The predicted molar refractivity (Wildman–Crippen MR) is 63.9 cm³/mol. The molecule has 1 heterocycles. The SMILES string of the molecule is CC(C)(O)c1csc(S(N)=O)c1.NC(N)=O. The third-order valence-electron chi connectivity index (χ3n) is 1.48. The quantitative estimate of drug-likeness (QED) is 0.599. The number of carbonyl (C=O) groups excluding carboxylic acids is 1. The molecule has 1 rings (SSSR count). The molecule has 1 aromatic rings. The van der Waals surface area contributed by atoms with E-state index >= 15 is 0 Å². The van der Waals surface area contributed by atoms with Crippen LogP contribution >= 0.6 is 11.3 Å². The third-order valence-corrected chi connectivity index (χ3v) is 3.50. The second-order valence-electron chi connectivity index (χ2n) is 3.41. The molecule has 8 heteroatoms. The van der Waals surface area contributed by atoms with Crippen LogP contribution in [0.1, 0.15) is 19.4 Å². The van der Waals surface area contributed by atoms with Gasteiger partial charge in [0.2, 0.25) is 0 Å². The first-order valence-electron chi connectivity index (χ1n) is 4.17. The maximum absolute atomic E-state index is 10.8. The van der Waals surface area contributed by atoms with Gasteiger partial charge in [0.1, 0.15) is 15.2 Å². The summed E-state index contributed by atoms with van der Waals surface area (Å²) < 4.78 is 11.4. The lowest BCUT2D eigenvalue weighted by molar-refractivity contribution is 0.0789. The zero-order valence-electron chi connectivity index (χ0n) is 8.97. The highest BCUT2D eigenvalue weighted by molar-refractivity contribution is 7.85. The molecule has 0 bridgehead atoms. The van der Waals surface area contributed by atoms with E-state index in [0.29, 0.717) is 4.21 Å². The molecule has 0 saturated heterocycles. The van der Waals surface area contributed by atoms with Crippen molar-refractivity contribution in [1.82, 2.24) is 0 Å². The number of hydrogen-bond acceptors (Lipinski definition) is 4. The van der Waals surface area contributed by atoms with Gasteiger partial charge in [0, 0.05) is 0 Å². The summed E-state index contributed by atoms with van der Waals surface area (Å²) in [7, 11) is -1.44. The van der Waals surface area contributed by atoms with Crippen molar-refractivity contribution in [2.45, 2.75) is 23.7 Å². The fourth-order valence-electron chi connectivity index (χ4n) is 0.743. The first-order chi connectivity index (χ1) is 7.14. The van der Waals surface area contributed by atoms with Gasteiger partial charge in [-0.25, -0.2) is 14.1 Å². The van der Waals surface area contributed by atoms with Crippen LogP contribution in [0.3, 0.4) is 0 Å². The molecule has 16 heavy (non-hydrogen) atoms. The number of urea groups is 1. The topological polar surface area (TPSA) is 132 Å². The fourth-order valence-corrected chi connectivity index (χ4v) is 2.30. The van der Waals surface area contributed by atoms with Gasteiger partial charge in [0.25, 0.3) is 0 Å². The van der Waals surface area contributed by atoms with Gasteiger partial charge in [0.05, 0.1) is 5.60 Å². The predicted octanol–water partition coefficient (Wildman–Crippen LogP) is -0.0194. The van der Waals surface area contributed by atoms with Gasteiger partial charge < -0.3 is 16.6 Å². The van der Waals surface area contributed by atoms with Crippen LogP contribution in [0.25, 0.3) is 0 Å². The monoisotopic (exact) mass is 265 g/mol. The van der Waals surface area contributed by atoms with Gasteiger partial charge in [-0.05, 0) is 30.9 Å². The first-order valence-corrected chi connectivity index (χ1v) is 6.26. The van der Waals surface area contributed by atoms with E-state index in [0.717, 1.165) is 5.56 Å². The van der Waals surface area contributed by atoms with Crippen LogP contribution < -0.4 is 16.6 Å². The normalized spacial score (nSPS) is 12.5. The van der Waals surface area contributed by atoms with Gasteiger partial charge >= 0.3 is 6.03 Å². The van der Waals surface area contributed by atoms with Crippen molar-refractivity contribution in [3.63, 3.8) is 0 Å². The van der Waals surface area contributed by atoms with Crippen LogP contribution in [0.4, 0.5) is 4.79 Å².